The Morgan fingerprint density at radius 1 is 1.31 bits per heavy atom. The number of benzene rings is 1. The number of H-pyrrole nitrogens is 1. The molecule has 0 aliphatic carbocycles. The van der Waals surface area contributed by atoms with Gasteiger partial charge in [-0.3, -0.25) is 14.6 Å². The molecule has 3 aromatic rings. The first-order valence-corrected chi connectivity index (χ1v) is 8.36. The zero-order chi connectivity index (χ0) is 18.1. The number of amides is 1. The van der Waals surface area contributed by atoms with Gasteiger partial charge in [-0.25, -0.2) is 0 Å². The largest absolute Gasteiger partial charge is 0.454 e. The Morgan fingerprint density at radius 2 is 2.15 bits per heavy atom. The summed E-state index contributed by atoms with van der Waals surface area (Å²) in [5, 5.41) is 11.3. The number of fused-ring (bicyclic) bond motifs is 1. The summed E-state index contributed by atoms with van der Waals surface area (Å²) >= 11 is 0. The maximum atomic E-state index is 12.6. The fraction of sp³-hybridized carbons (Fsp3) is 0.278. The third kappa shape index (κ3) is 3.01. The number of ether oxygens (including phenoxy) is 2. The molecule has 0 unspecified atom stereocenters. The van der Waals surface area contributed by atoms with Crippen LogP contribution in [0.15, 0.2) is 36.7 Å². The number of aryl methyl sites for hydroxylation is 1. The molecule has 134 valence electrons. The number of aromatic amines is 1. The maximum Gasteiger partial charge on any atom is 0.271 e. The van der Waals surface area contributed by atoms with E-state index in [1.54, 1.807) is 24.2 Å². The lowest BCUT2D eigenvalue weighted by Gasteiger charge is -2.14. The van der Waals surface area contributed by atoms with Gasteiger partial charge in [-0.05, 0) is 31.2 Å². The molecule has 0 bridgehead atoms. The zero-order valence-corrected chi connectivity index (χ0v) is 14.6. The normalized spacial score (nSPS) is 12.4. The molecule has 0 fully saturated rings. The second kappa shape index (κ2) is 6.55. The van der Waals surface area contributed by atoms with E-state index < -0.39 is 0 Å². The minimum atomic E-state index is -0.131. The van der Waals surface area contributed by atoms with E-state index in [1.807, 2.05) is 36.0 Å². The number of carbonyl (C=O) groups is 1. The molecule has 8 heteroatoms. The van der Waals surface area contributed by atoms with Crippen LogP contribution in [0.2, 0.25) is 0 Å². The molecule has 4 rings (SSSR count). The second-order valence-corrected chi connectivity index (χ2v) is 6.10. The molecular formula is C18H19N5O3. The molecule has 3 heterocycles. The van der Waals surface area contributed by atoms with Crippen molar-refractivity contribution in [3.05, 3.63) is 47.9 Å². The van der Waals surface area contributed by atoms with Crippen molar-refractivity contribution in [2.24, 2.45) is 0 Å². The highest BCUT2D eigenvalue weighted by Crippen LogP contribution is 2.35. The Hall–Kier alpha value is -3.29. The molecule has 26 heavy (non-hydrogen) atoms. The molecule has 0 atom stereocenters. The van der Waals surface area contributed by atoms with Crippen molar-refractivity contribution < 1.29 is 14.3 Å². The molecule has 2 aromatic heterocycles. The predicted octanol–water partition coefficient (Wildman–Crippen LogP) is 2.29. The van der Waals surface area contributed by atoms with E-state index in [2.05, 4.69) is 15.3 Å². The highest BCUT2D eigenvalue weighted by molar-refractivity contribution is 5.93. The van der Waals surface area contributed by atoms with E-state index in [1.165, 1.54) is 0 Å². The van der Waals surface area contributed by atoms with E-state index in [0.717, 1.165) is 17.7 Å². The molecule has 0 saturated heterocycles. The highest BCUT2D eigenvalue weighted by Gasteiger charge is 2.18. The van der Waals surface area contributed by atoms with Crippen molar-refractivity contribution in [1.82, 2.24) is 24.9 Å². The number of carbonyl (C=O) groups excluding carboxylic acids is 1. The van der Waals surface area contributed by atoms with Crippen LogP contribution < -0.4 is 9.47 Å². The number of hydrogen-bond donors (Lipinski definition) is 1. The van der Waals surface area contributed by atoms with Gasteiger partial charge in [0, 0.05) is 37.5 Å². The predicted molar refractivity (Wildman–Crippen MR) is 93.8 cm³/mol. The van der Waals surface area contributed by atoms with Crippen LogP contribution in [0.4, 0.5) is 0 Å². The van der Waals surface area contributed by atoms with E-state index in [0.29, 0.717) is 29.4 Å². The summed E-state index contributed by atoms with van der Waals surface area (Å²) in [7, 11) is 1.76. The van der Waals surface area contributed by atoms with E-state index in [-0.39, 0.29) is 12.7 Å². The average Bonchev–Trinajstić information content (AvgIpc) is 3.39. The summed E-state index contributed by atoms with van der Waals surface area (Å²) in [6, 6.07) is 7.33. The highest BCUT2D eigenvalue weighted by atomic mass is 16.7. The molecule has 1 aliphatic heterocycles. The van der Waals surface area contributed by atoms with Crippen LogP contribution in [0.1, 0.15) is 23.0 Å². The van der Waals surface area contributed by atoms with Gasteiger partial charge in [0.2, 0.25) is 6.79 Å². The molecule has 0 saturated carbocycles. The fourth-order valence-electron chi connectivity index (χ4n) is 2.85. The van der Waals surface area contributed by atoms with Crippen LogP contribution in [0.5, 0.6) is 11.5 Å². The zero-order valence-electron chi connectivity index (χ0n) is 14.6. The van der Waals surface area contributed by atoms with Crippen LogP contribution >= 0.6 is 0 Å². The first-order chi connectivity index (χ1) is 12.6. The summed E-state index contributed by atoms with van der Waals surface area (Å²) in [5.41, 5.74) is 2.96. The van der Waals surface area contributed by atoms with E-state index in [9.17, 15) is 4.79 Å². The number of rotatable bonds is 5. The number of aromatic nitrogens is 4. The monoisotopic (exact) mass is 353 g/mol. The third-order valence-electron chi connectivity index (χ3n) is 4.25. The van der Waals surface area contributed by atoms with Crippen molar-refractivity contribution in [2.75, 3.05) is 13.8 Å². The minimum absolute atomic E-state index is 0.131. The van der Waals surface area contributed by atoms with Gasteiger partial charge in [0.05, 0.1) is 11.9 Å². The smallest absolute Gasteiger partial charge is 0.271 e. The molecule has 0 radical (unpaired) electrons. The van der Waals surface area contributed by atoms with Gasteiger partial charge >= 0.3 is 0 Å². The molecule has 1 amide bonds. The summed E-state index contributed by atoms with van der Waals surface area (Å²) in [5.74, 6) is 1.27. The van der Waals surface area contributed by atoms with Crippen LogP contribution in [-0.4, -0.2) is 44.6 Å². The van der Waals surface area contributed by atoms with Gasteiger partial charge < -0.3 is 14.4 Å². The SMILES string of the molecule is CCn1cc(CN(C)C(=O)c2cc(-c3ccc4c(c3)OCO4)n[nH]2)cn1. The maximum absolute atomic E-state index is 12.6. The molecule has 8 nitrogen and oxygen atoms in total. The summed E-state index contributed by atoms with van der Waals surface area (Å²) in [4.78, 5) is 14.3. The molecule has 0 spiro atoms. The quantitative estimate of drug-likeness (QED) is 0.761. The van der Waals surface area contributed by atoms with Crippen molar-refractivity contribution >= 4 is 5.91 Å². The van der Waals surface area contributed by atoms with Crippen molar-refractivity contribution in [1.29, 1.82) is 0 Å². The van der Waals surface area contributed by atoms with Crippen LogP contribution in [-0.2, 0) is 13.1 Å². The van der Waals surface area contributed by atoms with Crippen LogP contribution in [0.3, 0.4) is 0 Å². The lowest BCUT2D eigenvalue weighted by molar-refractivity contribution is 0.0779. The molecule has 1 N–H and O–H groups in total. The Bertz CT molecular complexity index is 946. The van der Waals surface area contributed by atoms with Crippen molar-refractivity contribution in [3.63, 3.8) is 0 Å². The molecule has 1 aromatic carbocycles. The third-order valence-corrected chi connectivity index (χ3v) is 4.25. The number of nitrogens with zero attached hydrogens (tertiary/aromatic N) is 4. The van der Waals surface area contributed by atoms with E-state index >= 15 is 0 Å². The van der Waals surface area contributed by atoms with Gasteiger partial charge in [0.1, 0.15) is 5.69 Å². The topological polar surface area (TPSA) is 85.3 Å². The number of hydrogen-bond acceptors (Lipinski definition) is 5. The van der Waals surface area contributed by atoms with Crippen LogP contribution in [0, 0.1) is 0 Å². The van der Waals surface area contributed by atoms with Crippen molar-refractivity contribution in [3.8, 4) is 22.8 Å². The van der Waals surface area contributed by atoms with Gasteiger partial charge in [0.25, 0.3) is 5.91 Å². The van der Waals surface area contributed by atoms with E-state index in [4.69, 9.17) is 9.47 Å². The van der Waals surface area contributed by atoms with Gasteiger partial charge in [-0.1, -0.05) is 0 Å². The standard InChI is InChI=1S/C18H19N5O3/c1-3-23-10-12(8-19-23)9-22(2)18(24)15-7-14(20-21-15)13-4-5-16-17(6-13)26-11-25-16/h4-8,10H,3,9,11H2,1-2H3,(H,20,21). The lowest BCUT2D eigenvalue weighted by Crippen LogP contribution is -2.26. The van der Waals surface area contributed by atoms with Crippen molar-refractivity contribution in [2.45, 2.75) is 20.0 Å². The molecular weight excluding hydrogens is 334 g/mol. The van der Waals surface area contributed by atoms with Gasteiger partial charge in [0.15, 0.2) is 11.5 Å². The summed E-state index contributed by atoms with van der Waals surface area (Å²) in [6.45, 7) is 3.53. The molecule has 1 aliphatic rings. The lowest BCUT2D eigenvalue weighted by atomic mass is 10.1. The summed E-state index contributed by atoms with van der Waals surface area (Å²) in [6.07, 6.45) is 3.72. The Morgan fingerprint density at radius 3 is 2.96 bits per heavy atom. The number of nitrogens with one attached hydrogen (secondary N) is 1. The van der Waals surface area contributed by atoms with Gasteiger partial charge in [-0.15, -0.1) is 0 Å². The minimum Gasteiger partial charge on any atom is -0.454 e. The average molecular weight is 353 g/mol. The van der Waals surface area contributed by atoms with Crippen LogP contribution in [0.25, 0.3) is 11.3 Å². The fourth-order valence-corrected chi connectivity index (χ4v) is 2.85. The summed E-state index contributed by atoms with van der Waals surface area (Å²) < 4.78 is 12.5. The first-order valence-electron chi connectivity index (χ1n) is 8.36. The Balaban J connectivity index is 1.49. The Labute approximate surface area is 150 Å². The second-order valence-electron chi connectivity index (χ2n) is 6.10. The van der Waals surface area contributed by atoms with Gasteiger partial charge in [-0.2, -0.15) is 10.2 Å². The Kier molecular flexibility index (Phi) is 4.08. The first kappa shape index (κ1) is 16.2.